The summed E-state index contributed by atoms with van der Waals surface area (Å²) in [6, 6.07) is 12.6. The molecule has 0 amide bonds. The number of hydrogen-bond acceptors (Lipinski definition) is 5. The monoisotopic (exact) mass is 485 g/mol. The molecule has 0 aliphatic heterocycles. The molecule has 0 saturated carbocycles. The minimum absolute atomic E-state index is 0.0536. The van der Waals surface area contributed by atoms with E-state index in [-0.39, 0.29) is 11.1 Å². The fourth-order valence-corrected chi connectivity index (χ4v) is 4.30. The van der Waals surface area contributed by atoms with Crippen molar-refractivity contribution in [1.29, 1.82) is 0 Å². The summed E-state index contributed by atoms with van der Waals surface area (Å²) in [5.74, 6) is -1.72. The quantitative estimate of drug-likeness (QED) is 0.311. The molecule has 2 aromatic heterocycles. The maximum atomic E-state index is 15.0. The van der Waals surface area contributed by atoms with Gasteiger partial charge in [0.15, 0.2) is 5.82 Å². The van der Waals surface area contributed by atoms with Crippen molar-refractivity contribution < 1.29 is 18.7 Å². The Morgan fingerprint density at radius 1 is 0.972 bits per heavy atom. The number of anilines is 2. The third-order valence-electron chi connectivity index (χ3n) is 6.09. The molecule has 7 nitrogen and oxygen atoms in total. The van der Waals surface area contributed by atoms with E-state index in [1.165, 1.54) is 35.3 Å². The number of carbonyl (C=O) groups is 1. The highest BCUT2D eigenvalue weighted by Gasteiger charge is 2.24. The Morgan fingerprint density at radius 2 is 1.72 bits per heavy atom. The molecule has 0 aliphatic carbocycles. The second-order valence-corrected chi connectivity index (χ2v) is 8.41. The van der Waals surface area contributed by atoms with Gasteiger partial charge in [0, 0.05) is 23.5 Å². The minimum Gasteiger partial charge on any atom is -0.478 e. The van der Waals surface area contributed by atoms with Gasteiger partial charge in [-0.1, -0.05) is 18.2 Å². The van der Waals surface area contributed by atoms with E-state index >= 15 is 4.39 Å². The largest absolute Gasteiger partial charge is 0.478 e. The first-order valence-corrected chi connectivity index (χ1v) is 11.1. The summed E-state index contributed by atoms with van der Waals surface area (Å²) in [6.45, 7) is 5.16. The molecule has 2 heterocycles. The molecule has 5 aromatic rings. The Bertz CT molecular complexity index is 1660. The Balaban J connectivity index is 1.82. The molecule has 2 N–H and O–H groups in total. The molecule has 0 radical (unpaired) electrons. The van der Waals surface area contributed by atoms with Crippen molar-refractivity contribution in [3.8, 4) is 16.8 Å². The predicted molar refractivity (Wildman–Crippen MR) is 133 cm³/mol. The molecule has 0 bridgehead atoms. The number of carboxylic acid groups (broad SMARTS) is 1. The summed E-state index contributed by atoms with van der Waals surface area (Å²) in [7, 11) is 0. The lowest BCUT2D eigenvalue weighted by molar-refractivity contribution is 0.0698. The molecule has 0 unspecified atom stereocenters. The third kappa shape index (κ3) is 3.84. The zero-order chi connectivity index (χ0) is 25.6. The van der Waals surface area contributed by atoms with Crippen LogP contribution in [0.3, 0.4) is 0 Å². The van der Waals surface area contributed by atoms with Crippen molar-refractivity contribution >= 4 is 28.5 Å². The summed E-state index contributed by atoms with van der Waals surface area (Å²) in [6.07, 6.45) is 2.89. The Hall–Kier alpha value is -4.66. The summed E-state index contributed by atoms with van der Waals surface area (Å²) in [5.41, 5.74) is 3.89. The van der Waals surface area contributed by atoms with Gasteiger partial charge in [0.2, 0.25) is 0 Å². The van der Waals surface area contributed by atoms with Crippen LogP contribution >= 0.6 is 0 Å². The number of para-hydroxylation sites is 1. The fraction of sp³-hybridized carbons (Fsp3) is 0.111. The molecule has 9 heteroatoms. The molecule has 0 aliphatic rings. The zero-order valence-corrected chi connectivity index (χ0v) is 19.7. The molecule has 0 spiro atoms. The van der Waals surface area contributed by atoms with Gasteiger partial charge in [0.1, 0.15) is 17.2 Å². The number of hydrogen-bond donors (Lipinski definition) is 2. The SMILES string of the molecule is Cc1cccc(C(=O)O)c1Nc1c(-c2cc(F)c3nccnc3c2)c(C)nn1-c1cccc(F)c1C. The number of aryl methyl sites for hydroxylation is 2. The van der Waals surface area contributed by atoms with E-state index in [2.05, 4.69) is 20.4 Å². The van der Waals surface area contributed by atoms with Crippen LogP contribution in [-0.4, -0.2) is 30.8 Å². The van der Waals surface area contributed by atoms with E-state index in [1.807, 2.05) is 0 Å². The first kappa shape index (κ1) is 23.1. The highest BCUT2D eigenvalue weighted by atomic mass is 19.1. The zero-order valence-electron chi connectivity index (χ0n) is 19.7. The Kier molecular flexibility index (Phi) is 5.68. The molecular formula is C27H21F2N5O2. The van der Waals surface area contributed by atoms with Gasteiger partial charge in [-0.15, -0.1) is 0 Å². The maximum Gasteiger partial charge on any atom is 0.337 e. The number of aromatic nitrogens is 4. The number of rotatable bonds is 5. The van der Waals surface area contributed by atoms with E-state index in [0.717, 1.165) is 0 Å². The minimum atomic E-state index is -1.11. The smallest absolute Gasteiger partial charge is 0.337 e. The summed E-state index contributed by atoms with van der Waals surface area (Å²) < 4.78 is 31.1. The van der Waals surface area contributed by atoms with Crippen molar-refractivity contribution in [1.82, 2.24) is 19.7 Å². The van der Waals surface area contributed by atoms with E-state index in [0.29, 0.717) is 50.7 Å². The van der Waals surface area contributed by atoms with Crippen molar-refractivity contribution in [3.05, 3.63) is 94.9 Å². The van der Waals surface area contributed by atoms with Crippen LogP contribution in [0.2, 0.25) is 0 Å². The molecule has 3 aromatic carbocycles. The van der Waals surface area contributed by atoms with Gasteiger partial charge in [-0.2, -0.15) is 5.10 Å². The van der Waals surface area contributed by atoms with E-state index < -0.39 is 17.6 Å². The van der Waals surface area contributed by atoms with Gasteiger partial charge >= 0.3 is 5.97 Å². The van der Waals surface area contributed by atoms with E-state index in [9.17, 15) is 14.3 Å². The van der Waals surface area contributed by atoms with Crippen molar-refractivity contribution in [2.24, 2.45) is 0 Å². The highest BCUT2D eigenvalue weighted by Crippen LogP contribution is 2.39. The second kappa shape index (κ2) is 8.84. The van der Waals surface area contributed by atoms with E-state index in [1.54, 1.807) is 51.1 Å². The molecule has 0 saturated heterocycles. The summed E-state index contributed by atoms with van der Waals surface area (Å²) in [5, 5.41) is 17.7. The molecule has 36 heavy (non-hydrogen) atoms. The highest BCUT2D eigenvalue weighted by molar-refractivity contribution is 5.97. The van der Waals surface area contributed by atoms with Crippen LogP contribution in [0, 0.1) is 32.4 Å². The first-order chi connectivity index (χ1) is 17.3. The van der Waals surface area contributed by atoms with Crippen LogP contribution < -0.4 is 5.32 Å². The lowest BCUT2D eigenvalue weighted by atomic mass is 10.0. The van der Waals surface area contributed by atoms with Gasteiger partial charge in [-0.05, 0) is 62.2 Å². The van der Waals surface area contributed by atoms with Crippen LogP contribution in [0.1, 0.15) is 27.2 Å². The van der Waals surface area contributed by atoms with Crippen LogP contribution in [0.15, 0.2) is 60.9 Å². The summed E-state index contributed by atoms with van der Waals surface area (Å²) in [4.78, 5) is 20.3. The maximum absolute atomic E-state index is 15.0. The van der Waals surface area contributed by atoms with Crippen molar-refractivity contribution in [3.63, 3.8) is 0 Å². The fourth-order valence-electron chi connectivity index (χ4n) is 4.30. The number of nitrogens with one attached hydrogen (secondary N) is 1. The standard InChI is InChI=1S/C27H21F2N5O2/c1-14-6-4-7-18(27(35)36)24(14)32-26-23(17-12-20(29)25-21(13-17)30-10-11-31-25)16(3)33-34(26)22-9-5-8-19(28)15(22)2/h4-13,32H,1-3H3,(H,35,36). The second-order valence-electron chi connectivity index (χ2n) is 8.41. The third-order valence-corrected chi connectivity index (χ3v) is 6.09. The number of carboxylic acids is 1. The molecule has 5 rings (SSSR count). The molecule has 180 valence electrons. The normalized spacial score (nSPS) is 11.1. The van der Waals surface area contributed by atoms with Crippen LogP contribution in [0.5, 0.6) is 0 Å². The number of benzene rings is 3. The lowest BCUT2D eigenvalue weighted by Crippen LogP contribution is -2.09. The van der Waals surface area contributed by atoms with Crippen molar-refractivity contribution in [2.75, 3.05) is 5.32 Å². The average molecular weight is 485 g/mol. The van der Waals surface area contributed by atoms with Gasteiger partial charge in [0.05, 0.1) is 28.1 Å². The first-order valence-electron chi connectivity index (χ1n) is 11.1. The van der Waals surface area contributed by atoms with Crippen LogP contribution in [0.25, 0.3) is 27.8 Å². The van der Waals surface area contributed by atoms with Gasteiger partial charge in [-0.3, -0.25) is 4.98 Å². The number of aromatic carboxylic acids is 1. The van der Waals surface area contributed by atoms with E-state index in [4.69, 9.17) is 0 Å². The Labute approximate surface area is 205 Å². The predicted octanol–water partition coefficient (Wildman–Crippen LogP) is 6.13. The molecular weight excluding hydrogens is 464 g/mol. The van der Waals surface area contributed by atoms with Crippen LogP contribution in [0.4, 0.5) is 20.3 Å². The van der Waals surface area contributed by atoms with Gasteiger partial charge in [0.25, 0.3) is 0 Å². The number of fused-ring (bicyclic) bond motifs is 1. The number of nitrogens with zero attached hydrogens (tertiary/aromatic N) is 4. The Morgan fingerprint density at radius 3 is 2.50 bits per heavy atom. The van der Waals surface area contributed by atoms with Crippen LogP contribution in [-0.2, 0) is 0 Å². The lowest BCUT2D eigenvalue weighted by Gasteiger charge is -2.17. The molecule has 0 fully saturated rings. The summed E-state index contributed by atoms with van der Waals surface area (Å²) >= 11 is 0. The van der Waals surface area contributed by atoms with Gasteiger partial charge in [-0.25, -0.2) is 23.2 Å². The topological polar surface area (TPSA) is 92.9 Å². The average Bonchev–Trinajstić information content (AvgIpc) is 3.17. The van der Waals surface area contributed by atoms with Gasteiger partial charge < -0.3 is 10.4 Å². The molecule has 0 atom stereocenters. The number of halogens is 2. The van der Waals surface area contributed by atoms with Crippen molar-refractivity contribution in [2.45, 2.75) is 20.8 Å².